The number of carbonyl (C=O) groups is 1. The lowest BCUT2D eigenvalue weighted by Crippen LogP contribution is -2.25. The average Bonchev–Trinajstić information content (AvgIpc) is 2.76. The van der Waals surface area contributed by atoms with Crippen LogP contribution in [0.3, 0.4) is 0 Å². The Bertz CT molecular complexity index is 610. The van der Waals surface area contributed by atoms with Crippen molar-refractivity contribution in [1.82, 2.24) is 14.9 Å². The van der Waals surface area contributed by atoms with Gasteiger partial charge >= 0.3 is 0 Å². The number of nitrogens with zero attached hydrogens (tertiary/aromatic N) is 2. The van der Waals surface area contributed by atoms with Crippen molar-refractivity contribution in [2.75, 3.05) is 19.5 Å². The molecule has 0 aliphatic heterocycles. The van der Waals surface area contributed by atoms with Gasteiger partial charge in [-0.2, -0.15) is 0 Å². The number of carbonyl (C=O) groups excluding carboxylic acids is 1. The van der Waals surface area contributed by atoms with Crippen molar-refractivity contribution in [2.45, 2.75) is 19.9 Å². The molecule has 1 N–H and O–H groups in total. The maximum absolute atomic E-state index is 11.0. The van der Waals surface area contributed by atoms with Crippen LogP contribution in [0.25, 0.3) is 11.0 Å². The first-order chi connectivity index (χ1) is 9.65. The zero-order valence-corrected chi connectivity index (χ0v) is 12.4. The van der Waals surface area contributed by atoms with E-state index in [4.69, 9.17) is 16.3 Å². The second kappa shape index (κ2) is 6.61. The van der Waals surface area contributed by atoms with E-state index in [0.29, 0.717) is 25.4 Å². The normalized spacial score (nSPS) is 10.8. The van der Waals surface area contributed by atoms with Crippen LogP contribution in [-0.4, -0.2) is 35.0 Å². The quantitative estimate of drug-likeness (QED) is 0.829. The summed E-state index contributed by atoms with van der Waals surface area (Å²) < 4.78 is 7.33. The molecule has 0 spiro atoms. The molecule has 20 heavy (non-hydrogen) atoms. The van der Waals surface area contributed by atoms with Crippen molar-refractivity contribution in [3.05, 3.63) is 24.0 Å². The first kappa shape index (κ1) is 14.7. The van der Waals surface area contributed by atoms with E-state index in [2.05, 4.69) is 14.9 Å². The first-order valence-electron chi connectivity index (χ1n) is 6.49. The fourth-order valence-corrected chi connectivity index (χ4v) is 2.32. The molecule has 0 saturated heterocycles. The Morgan fingerprint density at radius 2 is 2.30 bits per heavy atom. The third kappa shape index (κ3) is 3.22. The molecule has 6 heteroatoms. The molecule has 0 saturated carbocycles. The molecule has 0 radical (unpaired) electrons. The number of halogens is 1. The third-order valence-corrected chi connectivity index (χ3v) is 3.25. The molecule has 0 fully saturated rings. The van der Waals surface area contributed by atoms with Gasteiger partial charge in [-0.3, -0.25) is 4.79 Å². The molecule has 0 atom stereocenters. The number of nitrogens with one attached hydrogen (secondary N) is 1. The molecular formula is C14H18ClN3O2. The molecule has 1 aromatic carbocycles. The van der Waals surface area contributed by atoms with Gasteiger partial charge in [-0.05, 0) is 12.1 Å². The summed E-state index contributed by atoms with van der Waals surface area (Å²) in [6.45, 7) is 2.73. The van der Waals surface area contributed by atoms with E-state index in [-0.39, 0.29) is 5.91 Å². The van der Waals surface area contributed by atoms with Crippen LogP contribution in [0.5, 0.6) is 5.75 Å². The fourth-order valence-electron chi connectivity index (χ4n) is 2.15. The summed E-state index contributed by atoms with van der Waals surface area (Å²) in [5, 5.41) is 2.79. The van der Waals surface area contributed by atoms with Crippen LogP contribution in [0.4, 0.5) is 0 Å². The molecule has 1 heterocycles. The molecule has 5 nitrogen and oxygen atoms in total. The lowest BCUT2D eigenvalue weighted by atomic mass is 10.3. The van der Waals surface area contributed by atoms with Gasteiger partial charge < -0.3 is 14.6 Å². The van der Waals surface area contributed by atoms with Crippen molar-refractivity contribution < 1.29 is 9.53 Å². The molecule has 2 aromatic rings. The molecule has 0 aliphatic rings. The Morgan fingerprint density at radius 1 is 1.50 bits per heavy atom. The van der Waals surface area contributed by atoms with E-state index in [1.54, 1.807) is 7.11 Å². The standard InChI is InChI=1S/C14H18ClN3O2/c1-10(19)16-7-8-18-13-9-11(20-2)3-4-12(13)17-14(18)5-6-15/h3-4,9H,5-8H2,1-2H3,(H,16,19). The smallest absolute Gasteiger partial charge is 0.216 e. The number of aromatic nitrogens is 2. The number of methoxy groups -OCH3 is 1. The Labute approximate surface area is 122 Å². The second-order valence-corrected chi connectivity index (χ2v) is 4.83. The molecule has 0 bridgehead atoms. The predicted molar refractivity (Wildman–Crippen MR) is 79.4 cm³/mol. The summed E-state index contributed by atoms with van der Waals surface area (Å²) >= 11 is 5.83. The number of hydrogen-bond donors (Lipinski definition) is 1. The van der Waals surface area contributed by atoms with Crippen LogP contribution in [0, 0.1) is 0 Å². The van der Waals surface area contributed by atoms with Crippen LogP contribution in [-0.2, 0) is 17.8 Å². The summed E-state index contributed by atoms with van der Waals surface area (Å²) in [5.74, 6) is 2.19. The van der Waals surface area contributed by atoms with Crippen LogP contribution in [0.1, 0.15) is 12.7 Å². The van der Waals surface area contributed by atoms with Gasteiger partial charge in [0.25, 0.3) is 0 Å². The SMILES string of the molecule is COc1ccc2nc(CCCl)n(CCNC(C)=O)c2c1. The van der Waals surface area contributed by atoms with Gasteiger partial charge in [0.15, 0.2) is 0 Å². The van der Waals surface area contributed by atoms with Gasteiger partial charge in [-0.1, -0.05) is 0 Å². The highest BCUT2D eigenvalue weighted by atomic mass is 35.5. The monoisotopic (exact) mass is 295 g/mol. The zero-order chi connectivity index (χ0) is 14.5. The Hall–Kier alpha value is -1.75. The minimum atomic E-state index is -0.0362. The van der Waals surface area contributed by atoms with Gasteiger partial charge in [0.05, 0.1) is 18.1 Å². The van der Waals surface area contributed by atoms with E-state index >= 15 is 0 Å². The van der Waals surface area contributed by atoms with Crippen molar-refractivity contribution in [1.29, 1.82) is 0 Å². The van der Waals surface area contributed by atoms with E-state index in [0.717, 1.165) is 22.6 Å². The maximum atomic E-state index is 11.0. The Balaban J connectivity index is 2.35. The summed E-state index contributed by atoms with van der Waals surface area (Å²) in [6.07, 6.45) is 0.693. The van der Waals surface area contributed by atoms with Crippen molar-refractivity contribution in [2.24, 2.45) is 0 Å². The lowest BCUT2D eigenvalue weighted by Gasteiger charge is -2.09. The maximum Gasteiger partial charge on any atom is 0.216 e. The minimum Gasteiger partial charge on any atom is -0.497 e. The van der Waals surface area contributed by atoms with E-state index < -0.39 is 0 Å². The number of fused-ring (bicyclic) bond motifs is 1. The minimum absolute atomic E-state index is 0.0362. The molecule has 1 amide bonds. The van der Waals surface area contributed by atoms with E-state index in [9.17, 15) is 4.79 Å². The lowest BCUT2D eigenvalue weighted by molar-refractivity contribution is -0.118. The van der Waals surface area contributed by atoms with Gasteiger partial charge in [-0.15, -0.1) is 11.6 Å². The molecule has 2 rings (SSSR count). The zero-order valence-electron chi connectivity index (χ0n) is 11.6. The fraction of sp³-hybridized carbons (Fsp3) is 0.429. The number of aryl methyl sites for hydroxylation is 1. The van der Waals surface area contributed by atoms with E-state index in [1.165, 1.54) is 6.92 Å². The molecule has 0 unspecified atom stereocenters. The predicted octanol–water partition coefficient (Wildman–Crippen LogP) is 1.96. The van der Waals surface area contributed by atoms with Crippen LogP contribution >= 0.6 is 11.6 Å². The highest BCUT2D eigenvalue weighted by molar-refractivity contribution is 6.17. The molecule has 108 valence electrons. The highest BCUT2D eigenvalue weighted by Crippen LogP contribution is 2.22. The Kier molecular flexibility index (Phi) is 4.84. The van der Waals surface area contributed by atoms with Gasteiger partial charge in [-0.25, -0.2) is 4.98 Å². The number of imidazole rings is 1. The summed E-state index contributed by atoms with van der Waals surface area (Å²) in [5.41, 5.74) is 1.91. The van der Waals surface area contributed by atoms with Crippen LogP contribution < -0.4 is 10.1 Å². The van der Waals surface area contributed by atoms with Gasteiger partial charge in [0.2, 0.25) is 5.91 Å². The third-order valence-electron chi connectivity index (χ3n) is 3.06. The van der Waals surface area contributed by atoms with Gasteiger partial charge in [0, 0.05) is 38.4 Å². The van der Waals surface area contributed by atoms with Gasteiger partial charge in [0.1, 0.15) is 11.6 Å². The average molecular weight is 296 g/mol. The first-order valence-corrected chi connectivity index (χ1v) is 7.02. The van der Waals surface area contributed by atoms with Crippen molar-refractivity contribution >= 4 is 28.5 Å². The molecular weight excluding hydrogens is 278 g/mol. The number of benzene rings is 1. The number of hydrogen-bond acceptors (Lipinski definition) is 3. The second-order valence-electron chi connectivity index (χ2n) is 4.46. The topological polar surface area (TPSA) is 56.1 Å². The number of alkyl halides is 1. The molecule has 0 aliphatic carbocycles. The number of amides is 1. The van der Waals surface area contributed by atoms with Crippen LogP contribution in [0.2, 0.25) is 0 Å². The number of ether oxygens (including phenoxy) is 1. The summed E-state index contributed by atoms with van der Waals surface area (Å²) in [6, 6.07) is 5.77. The van der Waals surface area contributed by atoms with Crippen molar-refractivity contribution in [3.8, 4) is 5.75 Å². The summed E-state index contributed by atoms with van der Waals surface area (Å²) in [4.78, 5) is 15.6. The van der Waals surface area contributed by atoms with Crippen LogP contribution in [0.15, 0.2) is 18.2 Å². The number of rotatable bonds is 6. The van der Waals surface area contributed by atoms with E-state index in [1.807, 2.05) is 18.2 Å². The Morgan fingerprint density at radius 3 is 2.95 bits per heavy atom. The largest absolute Gasteiger partial charge is 0.497 e. The van der Waals surface area contributed by atoms with Crippen molar-refractivity contribution in [3.63, 3.8) is 0 Å². The highest BCUT2D eigenvalue weighted by Gasteiger charge is 2.11. The summed E-state index contributed by atoms with van der Waals surface area (Å²) in [7, 11) is 1.64. The molecule has 1 aromatic heterocycles.